The Bertz CT molecular complexity index is 1460. The number of piperazine rings is 1. The van der Waals surface area contributed by atoms with Crippen molar-refractivity contribution in [3.8, 4) is 11.4 Å². The van der Waals surface area contributed by atoms with E-state index in [1.807, 2.05) is 61.5 Å². The lowest BCUT2D eigenvalue weighted by Gasteiger charge is -2.37. The molecule has 3 aromatic carbocycles. The van der Waals surface area contributed by atoms with E-state index < -0.39 is 0 Å². The Morgan fingerprint density at radius 2 is 1.49 bits per heavy atom. The van der Waals surface area contributed by atoms with Gasteiger partial charge >= 0.3 is 5.69 Å². The average molecular weight is 556 g/mol. The van der Waals surface area contributed by atoms with Gasteiger partial charge in [0.05, 0.1) is 18.3 Å². The number of hydrogen-bond acceptors (Lipinski definition) is 7. The second-order valence-corrected chi connectivity index (χ2v) is 10.6. The molecule has 0 amide bonds. The minimum Gasteiger partial charge on any atom is -0.491 e. The largest absolute Gasteiger partial charge is 0.491 e. The molecule has 0 saturated carbocycles. The van der Waals surface area contributed by atoms with Gasteiger partial charge in [-0.3, -0.25) is 0 Å². The number of benzene rings is 3. The Hall–Kier alpha value is -4.08. The monoisotopic (exact) mass is 555 g/mol. The van der Waals surface area contributed by atoms with E-state index in [-0.39, 0.29) is 24.1 Å². The lowest BCUT2D eigenvalue weighted by Crippen LogP contribution is -2.46. The molecule has 4 aromatic rings. The van der Waals surface area contributed by atoms with Crippen molar-refractivity contribution in [3.05, 3.63) is 101 Å². The van der Waals surface area contributed by atoms with Crippen molar-refractivity contribution in [1.82, 2.24) is 14.3 Å². The number of ether oxygens (including phenoxy) is 3. The Labute approximate surface area is 240 Å². The smallest absolute Gasteiger partial charge is 0.350 e. The molecule has 1 aromatic heterocycles. The molecule has 9 nitrogen and oxygen atoms in total. The van der Waals surface area contributed by atoms with Crippen molar-refractivity contribution in [2.24, 2.45) is 0 Å². The third kappa shape index (κ3) is 6.01. The summed E-state index contributed by atoms with van der Waals surface area (Å²) in [5, 5.41) is 4.29. The zero-order valence-electron chi connectivity index (χ0n) is 23.6. The molecule has 2 fully saturated rings. The topological polar surface area (TPSA) is 74.0 Å². The molecule has 3 atom stereocenters. The molecular formula is C32H37N5O4. The summed E-state index contributed by atoms with van der Waals surface area (Å²) in [6.45, 7) is 8.73. The van der Waals surface area contributed by atoms with E-state index >= 15 is 0 Å². The summed E-state index contributed by atoms with van der Waals surface area (Å²) in [7, 11) is 0. The first-order valence-electron chi connectivity index (χ1n) is 14.4. The fourth-order valence-corrected chi connectivity index (χ4v) is 5.28. The first kappa shape index (κ1) is 27.1. The quantitative estimate of drug-likeness (QED) is 0.293. The van der Waals surface area contributed by atoms with Crippen molar-refractivity contribution in [2.75, 3.05) is 49.2 Å². The molecule has 1 unspecified atom stereocenters. The van der Waals surface area contributed by atoms with Crippen LogP contribution in [0.25, 0.3) is 5.69 Å². The third-order valence-corrected chi connectivity index (χ3v) is 7.93. The molecule has 0 N–H and O–H groups in total. The van der Waals surface area contributed by atoms with Gasteiger partial charge in [-0.25, -0.2) is 14.0 Å². The molecule has 2 saturated heterocycles. The summed E-state index contributed by atoms with van der Waals surface area (Å²) in [4.78, 5) is 17.5. The Morgan fingerprint density at radius 1 is 0.878 bits per heavy atom. The third-order valence-electron chi connectivity index (χ3n) is 7.93. The number of hydrogen-bond donors (Lipinski definition) is 0. The lowest BCUT2D eigenvalue weighted by molar-refractivity contribution is -0.0659. The normalized spacial score (nSPS) is 19.9. The van der Waals surface area contributed by atoms with E-state index in [0.29, 0.717) is 13.2 Å². The maximum atomic E-state index is 12.7. The minimum atomic E-state index is -0.326. The summed E-state index contributed by atoms with van der Waals surface area (Å²) in [5.74, 6) is 0.827. The summed E-state index contributed by atoms with van der Waals surface area (Å²) >= 11 is 0. The molecule has 6 rings (SSSR count). The van der Waals surface area contributed by atoms with E-state index in [2.05, 4.69) is 46.1 Å². The van der Waals surface area contributed by atoms with Gasteiger partial charge in [-0.15, -0.1) is 0 Å². The highest BCUT2D eigenvalue weighted by molar-refractivity contribution is 5.54. The summed E-state index contributed by atoms with van der Waals surface area (Å²) in [6.07, 6.45) is 2.05. The maximum Gasteiger partial charge on any atom is 0.350 e. The fourth-order valence-electron chi connectivity index (χ4n) is 5.28. The van der Waals surface area contributed by atoms with Crippen LogP contribution >= 0.6 is 0 Å². The molecule has 0 spiro atoms. The van der Waals surface area contributed by atoms with E-state index in [1.165, 1.54) is 5.69 Å². The highest BCUT2D eigenvalue weighted by Crippen LogP contribution is 2.28. The zero-order chi connectivity index (χ0) is 28.2. The molecule has 0 bridgehead atoms. The predicted octanol–water partition coefficient (Wildman–Crippen LogP) is 4.82. The van der Waals surface area contributed by atoms with Gasteiger partial charge in [-0.1, -0.05) is 37.3 Å². The van der Waals surface area contributed by atoms with E-state index in [1.54, 1.807) is 15.6 Å². The number of aromatic nitrogens is 3. The van der Waals surface area contributed by atoms with Crippen molar-refractivity contribution in [3.63, 3.8) is 0 Å². The molecular weight excluding hydrogens is 518 g/mol. The highest BCUT2D eigenvalue weighted by Gasteiger charge is 2.27. The van der Waals surface area contributed by atoms with Gasteiger partial charge in [0, 0.05) is 43.1 Å². The van der Waals surface area contributed by atoms with Crippen LogP contribution in [0.2, 0.25) is 0 Å². The number of nitrogens with zero attached hydrogens (tertiary/aromatic N) is 5. The predicted molar refractivity (Wildman–Crippen MR) is 159 cm³/mol. The average Bonchev–Trinajstić information content (AvgIpc) is 3.67. The van der Waals surface area contributed by atoms with Gasteiger partial charge in [0.15, 0.2) is 6.29 Å². The van der Waals surface area contributed by atoms with Crippen LogP contribution in [0.1, 0.15) is 38.2 Å². The minimum absolute atomic E-state index is 0.0814. The summed E-state index contributed by atoms with van der Waals surface area (Å²) < 4.78 is 21.0. The molecule has 41 heavy (non-hydrogen) atoms. The molecule has 3 heterocycles. The Balaban J connectivity index is 0.984. The van der Waals surface area contributed by atoms with Gasteiger partial charge in [-0.05, 0) is 61.9 Å². The Morgan fingerprint density at radius 3 is 2.12 bits per heavy atom. The fraction of sp³-hybridized carbons (Fsp3) is 0.375. The van der Waals surface area contributed by atoms with Crippen LogP contribution in [0, 0.1) is 0 Å². The van der Waals surface area contributed by atoms with Crippen molar-refractivity contribution < 1.29 is 14.2 Å². The van der Waals surface area contributed by atoms with Gasteiger partial charge in [0.25, 0.3) is 0 Å². The van der Waals surface area contributed by atoms with Crippen LogP contribution in [-0.4, -0.2) is 59.8 Å². The van der Waals surface area contributed by atoms with Crippen LogP contribution < -0.4 is 20.2 Å². The first-order valence-corrected chi connectivity index (χ1v) is 14.4. The van der Waals surface area contributed by atoms with Gasteiger partial charge in [-0.2, -0.15) is 5.10 Å². The van der Waals surface area contributed by atoms with Crippen LogP contribution in [-0.2, 0) is 9.47 Å². The van der Waals surface area contributed by atoms with Gasteiger partial charge in [0.1, 0.15) is 24.8 Å². The molecule has 0 radical (unpaired) electrons. The molecule has 9 heteroatoms. The van der Waals surface area contributed by atoms with Crippen LogP contribution in [0.3, 0.4) is 0 Å². The number of rotatable bonds is 9. The highest BCUT2D eigenvalue weighted by atomic mass is 16.7. The second-order valence-electron chi connectivity index (χ2n) is 10.6. The lowest BCUT2D eigenvalue weighted by atomic mass is 10.2. The molecule has 214 valence electrons. The standard InChI is InChI=1S/C32H37N5O4/c1-3-24(2)37-32(38)36(23-33-37)28-11-9-26(10-12-28)34-17-19-35(20-18-34)27-13-15-29(16-14-27)39-21-30-22-40-31(41-30)25-7-5-4-6-8-25/h4-16,23-24,30-31H,3,17-22H2,1-2H3/t24?,30-,31-/m1/s1. The maximum absolute atomic E-state index is 12.7. The van der Waals surface area contributed by atoms with Gasteiger partial charge < -0.3 is 24.0 Å². The van der Waals surface area contributed by atoms with Crippen LogP contribution in [0.5, 0.6) is 5.75 Å². The Kier molecular flexibility index (Phi) is 8.07. The van der Waals surface area contributed by atoms with Crippen LogP contribution in [0.15, 0.2) is 90.0 Å². The number of anilines is 2. The zero-order valence-corrected chi connectivity index (χ0v) is 23.6. The second kappa shape index (κ2) is 12.2. The van der Waals surface area contributed by atoms with E-state index in [0.717, 1.165) is 55.3 Å². The molecule has 2 aliphatic heterocycles. The summed E-state index contributed by atoms with van der Waals surface area (Å²) in [5.41, 5.74) is 4.10. The molecule has 0 aliphatic carbocycles. The summed E-state index contributed by atoms with van der Waals surface area (Å²) in [6, 6.07) is 26.5. The van der Waals surface area contributed by atoms with E-state index in [4.69, 9.17) is 14.2 Å². The SMILES string of the molecule is CCC(C)n1ncn(-c2ccc(N3CCN(c4ccc(OC[C@@H]5CO[C@@H](c6ccccc6)O5)cc4)CC3)cc2)c1=O. The van der Waals surface area contributed by atoms with Crippen molar-refractivity contribution in [2.45, 2.75) is 38.7 Å². The van der Waals surface area contributed by atoms with E-state index in [9.17, 15) is 4.79 Å². The van der Waals surface area contributed by atoms with Crippen LogP contribution in [0.4, 0.5) is 11.4 Å². The van der Waals surface area contributed by atoms with Crippen molar-refractivity contribution in [1.29, 1.82) is 0 Å². The van der Waals surface area contributed by atoms with Gasteiger partial charge in [0.2, 0.25) is 0 Å². The molecule has 2 aliphatic rings. The van der Waals surface area contributed by atoms with Crippen molar-refractivity contribution >= 4 is 11.4 Å². The first-order chi connectivity index (χ1) is 20.1.